The molecule has 0 aliphatic rings. The van der Waals surface area contributed by atoms with Crippen molar-refractivity contribution >= 4 is 23.4 Å². The van der Waals surface area contributed by atoms with Gasteiger partial charge in [-0.25, -0.2) is 0 Å². The van der Waals surface area contributed by atoms with E-state index in [1.807, 2.05) is 13.0 Å². The van der Waals surface area contributed by atoms with Crippen molar-refractivity contribution in [2.45, 2.75) is 18.9 Å². The fourth-order valence-corrected chi connectivity index (χ4v) is 2.98. The first-order chi connectivity index (χ1) is 11.8. The Bertz CT molecular complexity index is 747. The third kappa shape index (κ3) is 5.70. The smallest absolute Gasteiger partial charge is 0.416 e. The highest BCUT2D eigenvalue weighted by atomic mass is 32.2. The van der Waals surface area contributed by atoms with Crippen LogP contribution in [0.5, 0.6) is 5.75 Å². The maximum absolute atomic E-state index is 12.7. The molecule has 0 unspecified atom stereocenters. The zero-order valence-corrected chi connectivity index (χ0v) is 14.6. The minimum atomic E-state index is -4.36. The molecule has 0 saturated heterocycles. The average Bonchev–Trinajstić information content (AvgIpc) is 2.54. The van der Waals surface area contributed by atoms with Crippen molar-refractivity contribution in [3.8, 4) is 5.75 Å². The standard InChI is InChI=1S/C18H18F3NO2S/c1-12-6-7-16(24-2)15(8-12)22-17(23)11-25-10-13-4-3-5-14(9-13)18(19,20)21/h3-9H,10-11H2,1-2H3,(H,22,23). The summed E-state index contributed by atoms with van der Waals surface area (Å²) in [7, 11) is 1.52. The van der Waals surface area contributed by atoms with Crippen LogP contribution in [0.3, 0.4) is 0 Å². The second kappa shape index (κ2) is 8.29. The Morgan fingerprint density at radius 3 is 2.64 bits per heavy atom. The molecule has 134 valence electrons. The molecule has 0 atom stereocenters. The van der Waals surface area contributed by atoms with Gasteiger partial charge in [0.2, 0.25) is 5.91 Å². The molecule has 0 aliphatic heterocycles. The maximum atomic E-state index is 12.7. The Labute approximate surface area is 148 Å². The predicted molar refractivity (Wildman–Crippen MR) is 94.0 cm³/mol. The zero-order valence-electron chi connectivity index (χ0n) is 13.8. The molecule has 1 amide bonds. The second-order valence-electron chi connectivity index (χ2n) is 5.44. The molecular weight excluding hydrogens is 351 g/mol. The molecule has 2 rings (SSSR count). The van der Waals surface area contributed by atoms with Gasteiger partial charge in [-0.1, -0.05) is 24.3 Å². The van der Waals surface area contributed by atoms with Gasteiger partial charge in [0.05, 0.1) is 24.1 Å². The van der Waals surface area contributed by atoms with Crippen LogP contribution in [-0.2, 0) is 16.7 Å². The monoisotopic (exact) mass is 369 g/mol. The van der Waals surface area contributed by atoms with Gasteiger partial charge in [0.1, 0.15) is 5.75 Å². The summed E-state index contributed by atoms with van der Waals surface area (Å²) in [6.45, 7) is 1.90. The van der Waals surface area contributed by atoms with Crippen LogP contribution >= 0.6 is 11.8 Å². The molecule has 0 radical (unpaired) electrons. The van der Waals surface area contributed by atoms with Crippen LogP contribution in [0, 0.1) is 6.92 Å². The van der Waals surface area contributed by atoms with Gasteiger partial charge in [0, 0.05) is 5.75 Å². The minimum absolute atomic E-state index is 0.132. The van der Waals surface area contributed by atoms with Gasteiger partial charge in [0.15, 0.2) is 0 Å². The fourth-order valence-electron chi connectivity index (χ4n) is 2.20. The number of hydrogen-bond donors (Lipinski definition) is 1. The summed E-state index contributed by atoms with van der Waals surface area (Å²) in [4.78, 5) is 12.0. The highest BCUT2D eigenvalue weighted by Gasteiger charge is 2.30. The number of nitrogens with one attached hydrogen (secondary N) is 1. The number of ether oxygens (including phenoxy) is 1. The summed E-state index contributed by atoms with van der Waals surface area (Å²) >= 11 is 1.25. The van der Waals surface area contributed by atoms with E-state index >= 15 is 0 Å². The van der Waals surface area contributed by atoms with Crippen molar-refractivity contribution in [3.63, 3.8) is 0 Å². The van der Waals surface area contributed by atoms with E-state index in [1.165, 1.54) is 24.9 Å². The van der Waals surface area contributed by atoms with Crippen molar-refractivity contribution in [2.24, 2.45) is 0 Å². The number of aryl methyl sites for hydroxylation is 1. The van der Waals surface area contributed by atoms with E-state index < -0.39 is 11.7 Å². The summed E-state index contributed by atoms with van der Waals surface area (Å²) in [5.74, 6) is 0.776. The van der Waals surface area contributed by atoms with Crippen molar-refractivity contribution in [1.29, 1.82) is 0 Å². The quantitative estimate of drug-likeness (QED) is 0.788. The number of carbonyl (C=O) groups is 1. The first-order valence-electron chi connectivity index (χ1n) is 7.48. The van der Waals surface area contributed by atoms with Crippen molar-refractivity contribution in [1.82, 2.24) is 0 Å². The highest BCUT2D eigenvalue weighted by Crippen LogP contribution is 2.30. The third-order valence-corrected chi connectivity index (χ3v) is 4.39. The fraction of sp³-hybridized carbons (Fsp3) is 0.278. The van der Waals surface area contributed by atoms with Crippen LogP contribution in [0.1, 0.15) is 16.7 Å². The molecule has 1 N–H and O–H groups in total. The Kier molecular flexibility index (Phi) is 6.36. The lowest BCUT2D eigenvalue weighted by Crippen LogP contribution is -2.15. The van der Waals surface area contributed by atoms with Gasteiger partial charge in [0.25, 0.3) is 0 Å². The Morgan fingerprint density at radius 2 is 1.96 bits per heavy atom. The number of halogens is 3. The van der Waals surface area contributed by atoms with E-state index in [0.717, 1.165) is 17.7 Å². The molecule has 0 saturated carbocycles. The number of carbonyl (C=O) groups excluding carboxylic acids is 1. The van der Waals surface area contributed by atoms with E-state index in [1.54, 1.807) is 18.2 Å². The second-order valence-corrected chi connectivity index (χ2v) is 6.43. The topological polar surface area (TPSA) is 38.3 Å². The number of alkyl halides is 3. The number of rotatable bonds is 6. The van der Waals surface area contributed by atoms with E-state index in [9.17, 15) is 18.0 Å². The lowest BCUT2D eigenvalue weighted by atomic mass is 10.1. The Morgan fingerprint density at radius 1 is 1.20 bits per heavy atom. The zero-order chi connectivity index (χ0) is 18.4. The molecule has 0 bridgehead atoms. The highest BCUT2D eigenvalue weighted by molar-refractivity contribution is 7.99. The maximum Gasteiger partial charge on any atom is 0.416 e. The van der Waals surface area contributed by atoms with E-state index in [2.05, 4.69) is 5.32 Å². The van der Waals surface area contributed by atoms with E-state index in [-0.39, 0.29) is 11.7 Å². The lowest BCUT2D eigenvalue weighted by molar-refractivity contribution is -0.137. The van der Waals surface area contributed by atoms with Crippen LogP contribution in [-0.4, -0.2) is 18.8 Å². The van der Waals surface area contributed by atoms with E-state index in [0.29, 0.717) is 22.8 Å². The van der Waals surface area contributed by atoms with Crippen molar-refractivity contribution in [2.75, 3.05) is 18.2 Å². The SMILES string of the molecule is COc1ccc(C)cc1NC(=O)CSCc1cccc(C(F)(F)F)c1. The average molecular weight is 369 g/mol. The van der Waals surface area contributed by atoms with Crippen molar-refractivity contribution in [3.05, 3.63) is 59.2 Å². The van der Waals surface area contributed by atoms with Gasteiger partial charge in [-0.15, -0.1) is 11.8 Å². The summed E-state index contributed by atoms with van der Waals surface area (Å²) < 4.78 is 43.2. The van der Waals surface area contributed by atoms with Crippen LogP contribution in [0.4, 0.5) is 18.9 Å². The molecule has 2 aromatic carbocycles. The minimum Gasteiger partial charge on any atom is -0.495 e. The number of benzene rings is 2. The molecule has 0 spiro atoms. The summed E-state index contributed by atoms with van der Waals surface area (Å²) in [6, 6.07) is 10.6. The normalized spacial score (nSPS) is 11.2. The molecule has 7 heteroatoms. The van der Waals surface area contributed by atoms with Gasteiger partial charge in [-0.2, -0.15) is 13.2 Å². The van der Waals surface area contributed by atoms with Crippen LogP contribution < -0.4 is 10.1 Å². The predicted octanol–water partition coefficient (Wildman–Crippen LogP) is 4.89. The van der Waals surface area contributed by atoms with Crippen LogP contribution in [0.15, 0.2) is 42.5 Å². The molecule has 2 aromatic rings. The molecule has 25 heavy (non-hydrogen) atoms. The van der Waals surface area contributed by atoms with Gasteiger partial charge in [-0.05, 0) is 36.2 Å². The number of hydrogen-bond acceptors (Lipinski definition) is 3. The summed E-state index contributed by atoms with van der Waals surface area (Å²) in [5.41, 5.74) is 1.40. The summed E-state index contributed by atoms with van der Waals surface area (Å²) in [6.07, 6.45) is -4.36. The number of methoxy groups -OCH3 is 1. The molecule has 0 heterocycles. The summed E-state index contributed by atoms with van der Waals surface area (Å²) in [5, 5.41) is 2.76. The van der Waals surface area contributed by atoms with Gasteiger partial charge >= 0.3 is 6.18 Å². The molecule has 0 aliphatic carbocycles. The van der Waals surface area contributed by atoms with Crippen LogP contribution in [0.2, 0.25) is 0 Å². The lowest BCUT2D eigenvalue weighted by Gasteiger charge is -2.11. The van der Waals surface area contributed by atoms with Crippen molar-refractivity contribution < 1.29 is 22.7 Å². The molecule has 0 aromatic heterocycles. The number of amides is 1. The van der Waals surface area contributed by atoms with Gasteiger partial charge in [-0.3, -0.25) is 4.79 Å². The molecular formula is C18H18F3NO2S. The first kappa shape index (κ1) is 19.2. The third-order valence-electron chi connectivity index (χ3n) is 3.39. The first-order valence-corrected chi connectivity index (χ1v) is 8.63. The Hall–Kier alpha value is -2.15. The number of anilines is 1. The molecule has 0 fully saturated rings. The molecule has 3 nitrogen and oxygen atoms in total. The Balaban J connectivity index is 1.90. The van der Waals surface area contributed by atoms with Gasteiger partial charge < -0.3 is 10.1 Å². The largest absolute Gasteiger partial charge is 0.495 e. The number of thioether (sulfide) groups is 1. The van der Waals surface area contributed by atoms with E-state index in [4.69, 9.17) is 4.74 Å². The van der Waals surface area contributed by atoms with Crippen LogP contribution in [0.25, 0.3) is 0 Å².